The van der Waals surface area contributed by atoms with Crippen molar-refractivity contribution in [2.75, 3.05) is 13.1 Å². The van der Waals surface area contributed by atoms with Gasteiger partial charge in [-0.2, -0.15) is 0 Å². The molecule has 4 heteroatoms. The van der Waals surface area contributed by atoms with Crippen LogP contribution in [0.15, 0.2) is 59.6 Å². The zero-order chi connectivity index (χ0) is 15.9. The predicted octanol–water partition coefficient (Wildman–Crippen LogP) is 3.23. The van der Waals surface area contributed by atoms with Gasteiger partial charge in [0.15, 0.2) is 5.11 Å². The first-order chi connectivity index (χ1) is 11.2. The molecule has 0 aromatic heterocycles. The number of hydrogen-bond acceptors (Lipinski definition) is 2. The first-order valence-electron chi connectivity index (χ1n) is 7.99. The summed E-state index contributed by atoms with van der Waals surface area (Å²) in [5, 5.41) is 4.37. The third-order valence-electron chi connectivity index (χ3n) is 4.59. The van der Waals surface area contributed by atoms with E-state index in [1.165, 1.54) is 16.7 Å². The molecule has 2 aromatic carbocycles. The van der Waals surface area contributed by atoms with Crippen molar-refractivity contribution in [2.24, 2.45) is 4.99 Å². The molecule has 0 amide bonds. The molecule has 23 heavy (non-hydrogen) atoms. The van der Waals surface area contributed by atoms with Gasteiger partial charge in [-0.15, -0.1) is 0 Å². The number of rotatable bonds is 2. The van der Waals surface area contributed by atoms with Gasteiger partial charge in [-0.3, -0.25) is 4.99 Å². The lowest BCUT2D eigenvalue weighted by Crippen LogP contribution is -2.46. The first kappa shape index (κ1) is 14.4. The van der Waals surface area contributed by atoms with Gasteiger partial charge in [0.05, 0.1) is 0 Å². The molecule has 0 bridgehead atoms. The topological polar surface area (TPSA) is 27.6 Å². The molecular formula is C19H19N3S. The van der Waals surface area contributed by atoms with Crippen molar-refractivity contribution in [1.29, 1.82) is 0 Å². The molecule has 2 heterocycles. The Balaban J connectivity index is 1.99. The van der Waals surface area contributed by atoms with Crippen molar-refractivity contribution >= 4 is 23.2 Å². The summed E-state index contributed by atoms with van der Waals surface area (Å²) in [4.78, 5) is 7.03. The highest BCUT2D eigenvalue weighted by molar-refractivity contribution is 7.80. The quantitative estimate of drug-likeness (QED) is 0.861. The summed E-state index contributed by atoms with van der Waals surface area (Å²) in [6.45, 7) is 3.91. The van der Waals surface area contributed by atoms with Crippen molar-refractivity contribution in [1.82, 2.24) is 10.2 Å². The second-order valence-corrected chi connectivity index (χ2v) is 6.51. The van der Waals surface area contributed by atoms with E-state index >= 15 is 0 Å². The van der Waals surface area contributed by atoms with E-state index < -0.39 is 5.54 Å². The summed E-state index contributed by atoms with van der Waals surface area (Å²) < 4.78 is 0. The number of aryl methyl sites for hydroxylation is 1. The van der Waals surface area contributed by atoms with E-state index in [-0.39, 0.29) is 0 Å². The minimum absolute atomic E-state index is 0.481. The fourth-order valence-corrected chi connectivity index (χ4v) is 3.87. The molecule has 1 unspecified atom stereocenters. The maximum Gasteiger partial charge on any atom is 0.175 e. The predicted molar refractivity (Wildman–Crippen MR) is 97.8 cm³/mol. The number of hydrogen-bond donors (Lipinski definition) is 1. The van der Waals surface area contributed by atoms with Crippen molar-refractivity contribution in [3.63, 3.8) is 0 Å². The van der Waals surface area contributed by atoms with Crippen molar-refractivity contribution in [2.45, 2.75) is 18.9 Å². The van der Waals surface area contributed by atoms with Gasteiger partial charge in [-0.1, -0.05) is 60.2 Å². The number of fused-ring (bicyclic) bond motifs is 1. The standard InChI is InChI=1S/C19H19N3S/c1-14-7-5-10-16(13-14)19(15-8-3-2-4-9-15)17-20-11-6-12-22(17)18(23)21-19/h2-5,7-10,13H,6,11-12H2,1H3,(H,21,23). The van der Waals surface area contributed by atoms with E-state index in [2.05, 4.69) is 65.7 Å². The van der Waals surface area contributed by atoms with Gasteiger partial charge in [-0.05, 0) is 36.7 Å². The van der Waals surface area contributed by atoms with Gasteiger partial charge in [0.25, 0.3) is 0 Å². The van der Waals surface area contributed by atoms with Crippen LogP contribution in [-0.4, -0.2) is 28.9 Å². The van der Waals surface area contributed by atoms with Crippen LogP contribution >= 0.6 is 12.2 Å². The first-order valence-corrected chi connectivity index (χ1v) is 8.40. The molecule has 0 spiro atoms. The summed E-state index contributed by atoms with van der Waals surface area (Å²) in [7, 11) is 0. The van der Waals surface area contributed by atoms with Crippen LogP contribution in [0.4, 0.5) is 0 Å². The van der Waals surface area contributed by atoms with Gasteiger partial charge in [0.1, 0.15) is 11.4 Å². The fraction of sp³-hybridized carbons (Fsp3) is 0.263. The van der Waals surface area contributed by atoms with Crippen molar-refractivity contribution in [3.05, 3.63) is 71.3 Å². The highest BCUT2D eigenvalue weighted by Crippen LogP contribution is 2.38. The number of thiocarbonyl (C=S) groups is 1. The zero-order valence-electron chi connectivity index (χ0n) is 13.1. The van der Waals surface area contributed by atoms with Crippen LogP contribution in [0.5, 0.6) is 0 Å². The Bertz CT molecular complexity index is 784. The molecule has 0 radical (unpaired) electrons. The van der Waals surface area contributed by atoms with Gasteiger partial charge < -0.3 is 10.2 Å². The van der Waals surface area contributed by atoms with Crippen LogP contribution in [0.2, 0.25) is 0 Å². The molecule has 1 N–H and O–H groups in total. The van der Waals surface area contributed by atoms with E-state index in [1.54, 1.807) is 0 Å². The monoisotopic (exact) mass is 321 g/mol. The number of nitrogens with one attached hydrogen (secondary N) is 1. The molecule has 1 saturated heterocycles. The average molecular weight is 321 g/mol. The third-order valence-corrected chi connectivity index (χ3v) is 4.91. The minimum Gasteiger partial charge on any atom is -0.342 e. The molecule has 3 nitrogen and oxygen atoms in total. The van der Waals surface area contributed by atoms with E-state index in [9.17, 15) is 0 Å². The number of nitrogens with zero attached hydrogens (tertiary/aromatic N) is 2. The Morgan fingerprint density at radius 3 is 2.65 bits per heavy atom. The van der Waals surface area contributed by atoms with Crippen LogP contribution < -0.4 is 5.32 Å². The van der Waals surface area contributed by atoms with Crippen LogP contribution in [0, 0.1) is 6.92 Å². The number of aliphatic imine (C=N–C) groups is 1. The molecule has 0 saturated carbocycles. The molecule has 2 aromatic rings. The van der Waals surface area contributed by atoms with E-state index in [0.717, 1.165) is 30.5 Å². The lowest BCUT2D eigenvalue weighted by molar-refractivity contribution is 0.545. The summed E-state index contributed by atoms with van der Waals surface area (Å²) in [5.41, 5.74) is 3.12. The minimum atomic E-state index is -0.481. The lowest BCUT2D eigenvalue weighted by atomic mass is 9.81. The molecule has 0 aliphatic carbocycles. The Labute approximate surface area is 142 Å². The second kappa shape index (κ2) is 5.46. The Morgan fingerprint density at radius 2 is 1.87 bits per heavy atom. The third kappa shape index (κ3) is 2.17. The van der Waals surface area contributed by atoms with Gasteiger partial charge in [0.2, 0.25) is 0 Å². The Hall–Kier alpha value is -2.20. The molecule has 2 aliphatic heterocycles. The van der Waals surface area contributed by atoms with Crippen molar-refractivity contribution in [3.8, 4) is 0 Å². The summed E-state index contributed by atoms with van der Waals surface area (Å²) >= 11 is 5.63. The average Bonchev–Trinajstić information content (AvgIpc) is 2.90. The SMILES string of the molecule is Cc1cccc(C2(c3ccccc3)NC(=S)N3CCCN=C32)c1. The van der Waals surface area contributed by atoms with Gasteiger partial charge in [0, 0.05) is 13.1 Å². The second-order valence-electron chi connectivity index (χ2n) is 6.13. The highest BCUT2D eigenvalue weighted by atomic mass is 32.1. The van der Waals surface area contributed by atoms with Gasteiger partial charge in [-0.25, -0.2) is 0 Å². The van der Waals surface area contributed by atoms with Gasteiger partial charge >= 0.3 is 0 Å². The van der Waals surface area contributed by atoms with Crippen LogP contribution in [0.1, 0.15) is 23.1 Å². The maximum absolute atomic E-state index is 5.63. The zero-order valence-corrected chi connectivity index (χ0v) is 13.9. The summed E-state index contributed by atoms with van der Waals surface area (Å²) in [5.74, 6) is 1.03. The summed E-state index contributed by atoms with van der Waals surface area (Å²) in [6.07, 6.45) is 1.05. The maximum atomic E-state index is 5.63. The van der Waals surface area contributed by atoms with E-state index in [1.807, 2.05) is 6.07 Å². The normalized spacial score (nSPS) is 23.3. The molecule has 1 atom stereocenters. The van der Waals surface area contributed by atoms with Crippen LogP contribution in [0.25, 0.3) is 0 Å². The van der Waals surface area contributed by atoms with Crippen LogP contribution in [-0.2, 0) is 5.54 Å². The lowest BCUT2D eigenvalue weighted by Gasteiger charge is -2.33. The smallest absolute Gasteiger partial charge is 0.175 e. The molecular weight excluding hydrogens is 302 g/mol. The van der Waals surface area contributed by atoms with Crippen LogP contribution in [0.3, 0.4) is 0 Å². The largest absolute Gasteiger partial charge is 0.342 e. The Morgan fingerprint density at radius 1 is 1.09 bits per heavy atom. The summed E-state index contributed by atoms with van der Waals surface area (Å²) in [6, 6.07) is 19.1. The molecule has 1 fully saturated rings. The fourth-order valence-electron chi connectivity index (χ4n) is 3.54. The molecule has 116 valence electrons. The Kier molecular flexibility index (Phi) is 3.42. The van der Waals surface area contributed by atoms with Crippen molar-refractivity contribution < 1.29 is 0 Å². The molecule has 4 rings (SSSR count). The molecule has 2 aliphatic rings. The van der Waals surface area contributed by atoms with E-state index in [0.29, 0.717) is 0 Å². The highest BCUT2D eigenvalue weighted by Gasteiger charge is 2.50. The van der Waals surface area contributed by atoms with E-state index in [4.69, 9.17) is 17.2 Å². The number of amidine groups is 1. The number of benzene rings is 2.